The van der Waals surface area contributed by atoms with Gasteiger partial charge in [0.2, 0.25) is 5.91 Å². The van der Waals surface area contributed by atoms with Crippen LogP contribution in [-0.2, 0) is 9.59 Å². The van der Waals surface area contributed by atoms with Crippen molar-refractivity contribution >= 4 is 28.7 Å². The van der Waals surface area contributed by atoms with Gasteiger partial charge in [0.25, 0.3) is 5.24 Å². The molecule has 12 heavy (non-hydrogen) atoms. The molecule has 1 unspecified atom stereocenters. The van der Waals surface area contributed by atoms with E-state index < -0.39 is 6.04 Å². The smallest absolute Gasteiger partial charge is 0.289 e. The first-order valence-electron chi connectivity index (χ1n) is 3.51. The molecule has 1 atom stereocenters. The molecule has 0 spiro atoms. The fourth-order valence-electron chi connectivity index (χ4n) is 1.07. The molecule has 0 saturated carbocycles. The van der Waals surface area contributed by atoms with Crippen molar-refractivity contribution in [3.8, 4) is 0 Å². The number of amides is 2. The van der Waals surface area contributed by atoms with Gasteiger partial charge < -0.3 is 0 Å². The first-order chi connectivity index (χ1) is 5.54. The van der Waals surface area contributed by atoms with Gasteiger partial charge in [0.1, 0.15) is 6.04 Å². The van der Waals surface area contributed by atoms with Crippen molar-refractivity contribution in [2.45, 2.75) is 19.9 Å². The molecule has 1 fully saturated rings. The molecular weight excluding hydrogens is 178 g/mol. The van der Waals surface area contributed by atoms with E-state index in [1.807, 2.05) is 0 Å². The van der Waals surface area contributed by atoms with Crippen LogP contribution < -0.4 is 0 Å². The van der Waals surface area contributed by atoms with E-state index in [1.54, 1.807) is 0 Å². The molecule has 0 bridgehead atoms. The summed E-state index contributed by atoms with van der Waals surface area (Å²) in [5.74, 6) is -0.0953. The zero-order valence-corrected chi connectivity index (χ0v) is 7.68. The normalized spacial score (nSPS) is 23.0. The Morgan fingerprint density at radius 1 is 1.50 bits per heavy atom. The number of Topliss-reactive ketones (excluding diaryl/α,β-unsaturated/α-hetero) is 1. The van der Waals surface area contributed by atoms with Crippen LogP contribution in [0.4, 0.5) is 4.79 Å². The third-order valence-electron chi connectivity index (χ3n) is 1.68. The van der Waals surface area contributed by atoms with Crippen LogP contribution in [0.1, 0.15) is 13.8 Å². The van der Waals surface area contributed by atoms with E-state index in [0.717, 1.165) is 16.7 Å². The number of carbonyl (C=O) groups is 3. The van der Waals surface area contributed by atoms with Crippen LogP contribution in [0.5, 0.6) is 0 Å². The van der Waals surface area contributed by atoms with Gasteiger partial charge >= 0.3 is 0 Å². The minimum Gasteiger partial charge on any atom is -0.298 e. The Morgan fingerprint density at radius 3 is 2.42 bits per heavy atom. The summed E-state index contributed by atoms with van der Waals surface area (Å²) in [5, 5.41) is -0.317. The molecule has 1 aliphatic heterocycles. The van der Waals surface area contributed by atoms with Crippen LogP contribution in [0.15, 0.2) is 0 Å². The number of hydrogen-bond donors (Lipinski definition) is 0. The summed E-state index contributed by atoms with van der Waals surface area (Å²) in [5.41, 5.74) is 0. The molecule has 1 aliphatic rings. The largest absolute Gasteiger partial charge is 0.298 e. The SMILES string of the molecule is CC(=O)C1CSC(=O)N1C(C)=O. The standard InChI is InChI=1S/C7H9NO3S/c1-4(9)6-3-12-7(11)8(6)5(2)10/h6H,3H2,1-2H3. The third-order valence-corrected chi connectivity index (χ3v) is 2.61. The molecule has 0 aromatic rings. The maximum absolute atomic E-state index is 11.0. The summed E-state index contributed by atoms with van der Waals surface area (Å²) < 4.78 is 0. The zero-order valence-electron chi connectivity index (χ0n) is 6.86. The number of hydrogen-bond acceptors (Lipinski definition) is 4. The fraction of sp³-hybridized carbons (Fsp3) is 0.571. The topological polar surface area (TPSA) is 54.5 Å². The van der Waals surface area contributed by atoms with Gasteiger partial charge in [-0.25, -0.2) is 0 Å². The van der Waals surface area contributed by atoms with Crippen LogP contribution in [0.3, 0.4) is 0 Å². The number of nitrogens with zero attached hydrogens (tertiary/aromatic N) is 1. The lowest BCUT2D eigenvalue weighted by molar-refractivity contribution is -0.132. The molecule has 0 radical (unpaired) electrons. The van der Waals surface area contributed by atoms with E-state index in [-0.39, 0.29) is 16.9 Å². The molecule has 1 rings (SSSR count). The average Bonchev–Trinajstić information content (AvgIpc) is 2.30. The predicted molar refractivity (Wildman–Crippen MR) is 44.8 cm³/mol. The Bertz CT molecular complexity index is 251. The Morgan fingerprint density at radius 2 is 2.08 bits per heavy atom. The van der Waals surface area contributed by atoms with Crippen LogP contribution in [0.2, 0.25) is 0 Å². The van der Waals surface area contributed by atoms with Crippen molar-refractivity contribution in [1.29, 1.82) is 0 Å². The molecule has 1 heterocycles. The molecule has 4 nitrogen and oxygen atoms in total. The Hall–Kier alpha value is -0.840. The fourth-order valence-corrected chi connectivity index (χ4v) is 2.15. The second kappa shape index (κ2) is 3.26. The van der Waals surface area contributed by atoms with Crippen molar-refractivity contribution in [3.05, 3.63) is 0 Å². The Kier molecular flexibility index (Phi) is 2.52. The number of carbonyl (C=O) groups excluding carboxylic acids is 3. The van der Waals surface area contributed by atoms with Gasteiger partial charge in [0.05, 0.1) is 0 Å². The van der Waals surface area contributed by atoms with Crippen LogP contribution in [0.25, 0.3) is 0 Å². The molecule has 0 aliphatic carbocycles. The molecule has 5 heteroatoms. The van der Waals surface area contributed by atoms with Gasteiger partial charge in [0, 0.05) is 12.7 Å². The summed E-state index contributed by atoms with van der Waals surface area (Å²) in [6.45, 7) is 2.68. The van der Waals surface area contributed by atoms with Crippen LogP contribution in [0, 0.1) is 0 Å². The highest BCUT2D eigenvalue weighted by atomic mass is 32.2. The third kappa shape index (κ3) is 1.50. The quantitative estimate of drug-likeness (QED) is 0.605. The zero-order chi connectivity index (χ0) is 9.30. The summed E-state index contributed by atoms with van der Waals surface area (Å²) in [7, 11) is 0. The van der Waals surface area contributed by atoms with Crippen molar-refractivity contribution in [1.82, 2.24) is 4.90 Å². The monoisotopic (exact) mass is 187 g/mol. The first-order valence-corrected chi connectivity index (χ1v) is 4.49. The van der Waals surface area contributed by atoms with Gasteiger partial charge in [-0.2, -0.15) is 0 Å². The Labute approximate surface area is 74.3 Å². The highest BCUT2D eigenvalue weighted by Crippen LogP contribution is 2.24. The highest BCUT2D eigenvalue weighted by Gasteiger charge is 2.37. The predicted octanol–water partition coefficient (Wildman–Crippen LogP) is 0.659. The van der Waals surface area contributed by atoms with Crippen LogP contribution >= 0.6 is 11.8 Å². The molecule has 0 aromatic heterocycles. The maximum Gasteiger partial charge on any atom is 0.289 e. The van der Waals surface area contributed by atoms with Gasteiger partial charge in [-0.3, -0.25) is 19.3 Å². The second-order valence-corrected chi connectivity index (χ2v) is 3.56. The summed E-state index contributed by atoms with van der Waals surface area (Å²) in [4.78, 5) is 33.9. The van der Waals surface area contributed by atoms with E-state index in [2.05, 4.69) is 0 Å². The van der Waals surface area contributed by atoms with Crippen molar-refractivity contribution in [2.24, 2.45) is 0 Å². The average molecular weight is 187 g/mol. The second-order valence-electron chi connectivity index (χ2n) is 2.59. The van der Waals surface area contributed by atoms with Crippen molar-refractivity contribution < 1.29 is 14.4 Å². The van der Waals surface area contributed by atoms with E-state index in [9.17, 15) is 14.4 Å². The van der Waals surface area contributed by atoms with E-state index >= 15 is 0 Å². The minimum absolute atomic E-state index is 0.136. The Balaban J connectivity index is 2.84. The maximum atomic E-state index is 11.0. The van der Waals surface area contributed by atoms with Gasteiger partial charge in [-0.1, -0.05) is 11.8 Å². The summed E-state index contributed by atoms with van der Waals surface area (Å²) >= 11 is 1.02. The number of ketones is 1. The summed E-state index contributed by atoms with van der Waals surface area (Å²) in [6.07, 6.45) is 0. The molecule has 0 aromatic carbocycles. The highest BCUT2D eigenvalue weighted by molar-refractivity contribution is 8.14. The summed E-state index contributed by atoms with van der Waals surface area (Å²) in [6, 6.07) is -0.542. The number of rotatable bonds is 1. The lowest BCUT2D eigenvalue weighted by Gasteiger charge is -2.16. The minimum atomic E-state index is -0.542. The van der Waals surface area contributed by atoms with Gasteiger partial charge in [0.15, 0.2) is 5.78 Å². The molecule has 0 N–H and O–H groups in total. The number of thioether (sulfide) groups is 1. The molecule has 66 valence electrons. The van der Waals surface area contributed by atoms with Crippen molar-refractivity contribution in [2.75, 3.05) is 5.75 Å². The van der Waals surface area contributed by atoms with Crippen LogP contribution in [-0.4, -0.2) is 33.6 Å². The first kappa shape index (κ1) is 9.25. The molecule has 1 saturated heterocycles. The number of imide groups is 1. The van der Waals surface area contributed by atoms with Crippen molar-refractivity contribution in [3.63, 3.8) is 0 Å². The van der Waals surface area contributed by atoms with E-state index in [0.29, 0.717) is 5.75 Å². The lowest BCUT2D eigenvalue weighted by Crippen LogP contribution is -2.41. The molecular formula is C7H9NO3S. The lowest BCUT2D eigenvalue weighted by atomic mass is 10.2. The molecule has 2 amide bonds. The van der Waals surface area contributed by atoms with E-state index in [4.69, 9.17) is 0 Å². The van der Waals surface area contributed by atoms with E-state index in [1.165, 1.54) is 13.8 Å². The van der Waals surface area contributed by atoms with Gasteiger partial charge in [-0.05, 0) is 6.92 Å². The van der Waals surface area contributed by atoms with Gasteiger partial charge in [-0.15, -0.1) is 0 Å².